The van der Waals surface area contributed by atoms with Crippen molar-refractivity contribution in [1.29, 1.82) is 0 Å². The van der Waals surface area contributed by atoms with Crippen molar-refractivity contribution < 1.29 is 23.1 Å². The summed E-state index contributed by atoms with van der Waals surface area (Å²) in [6, 6.07) is 4.35. The van der Waals surface area contributed by atoms with E-state index in [1.165, 1.54) is 19.2 Å². The summed E-state index contributed by atoms with van der Waals surface area (Å²) in [5.41, 5.74) is 0.704. The van der Waals surface area contributed by atoms with E-state index in [9.17, 15) is 13.2 Å². The Bertz CT molecular complexity index is 582. The SMILES string of the molecule is COC(=O)c1ccc(C)c(S(=O)(=O)NCC(C)CO)c1. The Kier molecular flexibility index (Phi) is 5.67. The fourth-order valence-corrected chi connectivity index (χ4v) is 2.96. The Morgan fingerprint density at radius 3 is 2.65 bits per heavy atom. The summed E-state index contributed by atoms with van der Waals surface area (Å²) in [6.07, 6.45) is 0. The third kappa shape index (κ3) is 4.03. The minimum atomic E-state index is -3.73. The van der Waals surface area contributed by atoms with Crippen LogP contribution in [0.4, 0.5) is 0 Å². The zero-order chi connectivity index (χ0) is 15.3. The van der Waals surface area contributed by atoms with E-state index in [2.05, 4.69) is 9.46 Å². The zero-order valence-corrected chi connectivity index (χ0v) is 12.5. The number of esters is 1. The van der Waals surface area contributed by atoms with Crippen LogP contribution in [0.2, 0.25) is 0 Å². The van der Waals surface area contributed by atoms with Crippen LogP contribution >= 0.6 is 0 Å². The van der Waals surface area contributed by atoms with E-state index in [4.69, 9.17) is 5.11 Å². The normalized spacial score (nSPS) is 13.0. The molecular formula is C13H19NO5S. The molecule has 6 nitrogen and oxygen atoms in total. The fourth-order valence-electron chi connectivity index (χ4n) is 1.53. The number of aliphatic hydroxyl groups excluding tert-OH is 1. The number of sulfonamides is 1. The van der Waals surface area contributed by atoms with Gasteiger partial charge in [-0.25, -0.2) is 17.9 Å². The Labute approximate surface area is 118 Å². The second-order valence-corrected chi connectivity index (χ2v) is 6.35. The minimum absolute atomic E-state index is 0.0329. The van der Waals surface area contributed by atoms with Crippen LogP contribution in [-0.2, 0) is 14.8 Å². The van der Waals surface area contributed by atoms with E-state index in [-0.39, 0.29) is 29.5 Å². The van der Waals surface area contributed by atoms with Crippen molar-refractivity contribution in [2.75, 3.05) is 20.3 Å². The van der Waals surface area contributed by atoms with Gasteiger partial charge in [0.05, 0.1) is 17.6 Å². The molecule has 1 unspecified atom stereocenters. The fraction of sp³-hybridized carbons (Fsp3) is 0.462. The summed E-state index contributed by atoms with van der Waals surface area (Å²) < 4.78 is 31.4. The molecule has 7 heteroatoms. The highest BCUT2D eigenvalue weighted by Gasteiger charge is 2.19. The van der Waals surface area contributed by atoms with Gasteiger partial charge in [-0.15, -0.1) is 0 Å². The summed E-state index contributed by atoms with van der Waals surface area (Å²) in [6.45, 7) is 3.38. The molecule has 0 radical (unpaired) electrons. The van der Waals surface area contributed by atoms with Gasteiger partial charge in [0, 0.05) is 13.2 Å². The van der Waals surface area contributed by atoms with Crippen molar-refractivity contribution in [3.8, 4) is 0 Å². The van der Waals surface area contributed by atoms with Crippen LogP contribution in [0.5, 0.6) is 0 Å². The first kappa shape index (κ1) is 16.6. The van der Waals surface area contributed by atoms with Gasteiger partial charge < -0.3 is 9.84 Å². The molecule has 0 aliphatic rings. The number of aliphatic hydroxyl groups is 1. The molecule has 0 bridgehead atoms. The molecule has 1 aromatic carbocycles. The number of carbonyl (C=O) groups is 1. The molecule has 0 fully saturated rings. The number of hydrogen-bond acceptors (Lipinski definition) is 5. The Balaban J connectivity index is 3.07. The van der Waals surface area contributed by atoms with Gasteiger partial charge >= 0.3 is 5.97 Å². The van der Waals surface area contributed by atoms with Crippen LogP contribution in [-0.4, -0.2) is 39.8 Å². The molecule has 112 valence electrons. The Morgan fingerprint density at radius 2 is 2.10 bits per heavy atom. The van der Waals surface area contributed by atoms with Crippen LogP contribution < -0.4 is 4.72 Å². The standard InChI is InChI=1S/C13H19NO5S/c1-9(8-15)7-14-20(17,18)12-6-11(13(16)19-3)5-4-10(12)2/h4-6,9,14-15H,7-8H2,1-3H3. The first-order chi connectivity index (χ1) is 9.31. The predicted molar refractivity (Wildman–Crippen MR) is 74.0 cm³/mol. The number of ether oxygens (including phenoxy) is 1. The van der Waals surface area contributed by atoms with Crippen LogP contribution in [0.15, 0.2) is 23.1 Å². The number of hydrogen-bond donors (Lipinski definition) is 2. The lowest BCUT2D eigenvalue weighted by molar-refractivity contribution is 0.0600. The number of aryl methyl sites for hydroxylation is 1. The highest BCUT2D eigenvalue weighted by atomic mass is 32.2. The quantitative estimate of drug-likeness (QED) is 0.754. The van der Waals surface area contributed by atoms with Crippen molar-refractivity contribution in [3.63, 3.8) is 0 Å². The van der Waals surface area contributed by atoms with E-state index < -0.39 is 16.0 Å². The number of benzene rings is 1. The molecule has 1 aromatic rings. The van der Waals surface area contributed by atoms with Crippen LogP contribution in [0.25, 0.3) is 0 Å². The molecule has 0 aliphatic carbocycles. The molecule has 2 N–H and O–H groups in total. The number of carbonyl (C=O) groups excluding carboxylic acids is 1. The van der Waals surface area contributed by atoms with Crippen molar-refractivity contribution in [1.82, 2.24) is 4.72 Å². The molecule has 0 amide bonds. The monoisotopic (exact) mass is 301 g/mol. The maximum atomic E-state index is 12.2. The highest BCUT2D eigenvalue weighted by Crippen LogP contribution is 2.17. The van der Waals surface area contributed by atoms with Gasteiger partial charge in [0.2, 0.25) is 10.0 Å². The Morgan fingerprint density at radius 1 is 1.45 bits per heavy atom. The second-order valence-electron chi connectivity index (χ2n) is 4.61. The summed E-state index contributed by atoms with van der Waals surface area (Å²) >= 11 is 0. The predicted octanol–water partition coefficient (Wildman–Crippen LogP) is 0.688. The largest absolute Gasteiger partial charge is 0.465 e. The lowest BCUT2D eigenvalue weighted by Crippen LogP contribution is -2.30. The molecule has 0 heterocycles. The third-order valence-electron chi connectivity index (χ3n) is 2.83. The Hall–Kier alpha value is -1.44. The smallest absolute Gasteiger partial charge is 0.337 e. The molecule has 1 atom stereocenters. The molecule has 0 aliphatic heterocycles. The van der Waals surface area contributed by atoms with Gasteiger partial charge in [-0.05, 0) is 30.5 Å². The summed E-state index contributed by atoms with van der Waals surface area (Å²) in [7, 11) is -2.50. The zero-order valence-electron chi connectivity index (χ0n) is 11.7. The van der Waals surface area contributed by atoms with Gasteiger partial charge in [-0.2, -0.15) is 0 Å². The van der Waals surface area contributed by atoms with E-state index in [0.717, 1.165) is 0 Å². The van der Waals surface area contributed by atoms with Gasteiger partial charge in [0.1, 0.15) is 0 Å². The number of nitrogens with one attached hydrogen (secondary N) is 1. The summed E-state index contributed by atoms with van der Waals surface area (Å²) in [5, 5.41) is 8.91. The van der Waals surface area contributed by atoms with Crippen LogP contribution in [0, 0.1) is 12.8 Å². The molecule has 1 rings (SSSR count). The van der Waals surface area contributed by atoms with E-state index in [1.54, 1.807) is 19.9 Å². The second kappa shape index (κ2) is 6.83. The molecule has 0 saturated carbocycles. The minimum Gasteiger partial charge on any atom is -0.465 e. The van der Waals surface area contributed by atoms with Crippen molar-refractivity contribution in [2.45, 2.75) is 18.7 Å². The molecular weight excluding hydrogens is 282 g/mol. The first-order valence-corrected chi connectivity index (χ1v) is 7.59. The maximum absolute atomic E-state index is 12.2. The molecule has 0 aromatic heterocycles. The van der Waals surface area contributed by atoms with Crippen molar-refractivity contribution >= 4 is 16.0 Å². The van der Waals surface area contributed by atoms with Gasteiger partial charge in [0.25, 0.3) is 0 Å². The molecule has 0 saturated heterocycles. The van der Waals surface area contributed by atoms with Crippen molar-refractivity contribution in [3.05, 3.63) is 29.3 Å². The van der Waals surface area contributed by atoms with Gasteiger partial charge in [0.15, 0.2) is 0 Å². The van der Waals surface area contributed by atoms with E-state index in [1.807, 2.05) is 0 Å². The van der Waals surface area contributed by atoms with Gasteiger partial charge in [-0.1, -0.05) is 13.0 Å². The average molecular weight is 301 g/mol. The summed E-state index contributed by atoms with van der Waals surface area (Å²) in [5.74, 6) is -0.779. The molecule has 20 heavy (non-hydrogen) atoms. The van der Waals surface area contributed by atoms with Gasteiger partial charge in [-0.3, -0.25) is 0 Å². The van der Waals surface area contributed by atoms with Crippen LogP contribution in [0.1, 0.15) is 22.8 Å². The van der Waals surface area contributed by atoms with E-state index in [0.29, 0.717) is 5.56 Å². The average Bonchev–Trinajstić information content (AvgIpc) is 2.44. The summed E-state index contributed by atoms with van der Waals surface area (Å²) in [4.78, 5) is 11.5. The lowest BCUT2D eigenvalue weighted by atomic mass is 10.1. The van der Waals surface area contributed by atoms with Crippen LogP contribution in [0.3, 0.4) is 0 Å². The maximum Gasteiger partial charge on any atom is 0.337 e. The molecule has 0 spiro atoms. The van der Waals surface area contributed by atoms with Crippen molar-refractivity contribution in [2.24, 2.45) is 5.92 Å². The topological polar surface area (TPSA) is 92.7 Å². The van der Waals surface area contributed by atoms with E-state index >= 15 is 0 Å². The highest BCUT2D eigenvalue weighted by molar-refractivity contribution is 7.89. The first-order valence-electron chi connectivity index (χ1n) is 6.11. The third-order valence-corrected chi connectivity index (χ3v) is 4.40. The number of rotatable bonds is 6. The number of methoxy groups -OCH3 is 1. The lowest BCUT2D eigenvalue weighted by Gasteiger charge is -2.13.